The van der Waals surface area contributed by atoms with Gasteiger partial charge in [0.2, 0.25) is 0 Å². The lowest BCUT2D eigenvalue weighted by molar-refractivity contribution is -0.149. The molecule has 4 unspecified atom stereocenters. The number of nitrogens with zero attached hydrogens (tertiary/aromatic N) is 2. The number of methoxy groups -OCH3 is 2. The highest BCUT2D eigenvalue weighted by molar-refractivity contribution is 9.11. The van der Waals surface area contributed by atoms with E-state index in [1.165, 1.54) is 26.4 Å². The lowest BCUT2D eigenvalue weighted by atomic mass is 9.98. The van der Waals surface area contributed by atoms with E-state index in [-0.39, 0.29) is 40.3 Å². The molecule has 384 valence electrons. The van der Waals surface area contributed by atoms with Crippen LogP contribution in [0.4, 0.5) is 8.78 Å². The molecule has 0 bridgehead atoms. The number of alkyl halides is 1. The summed E-state index contributed by atoms with van der Waals surface area (Å²) < 4.78 is 43.9. The Morgan fingerprint density at radius 1 is 0.644 bits per heavy atom. The molecule has 15 heteroatoms. The Morgan fingerprint density at radius 2 is 1.08 bits per heavy atom. The van der Waals surface area contributed by atoms with Gasteiger partial charge < -0.3 is 19.3 Å². The molecule has 2 aliphatic heterocycles. The molecule has 6 aromatic carbocycles. The Morgan fingerprint density at radius 3 is 1.49 bits per heavy atom. The van der Waals surface area contributed by atoms with Crippen LogP contribution in [0.5, 0.6) is 11.5 Å². The summed E-state index contributed by atoms with van der Waals surface area (Å²) >= 11 is 22.7. The van der Waals surface area contributed by atoms with E-state index in [1.807, 2.05) is 58.0 Å². The highest BCUT2D eigenvalue weighted by Gasteiger charge is 2.26. The molecule has 0 fully saturated rings. The number of hydrogen-bond acceptors (Lipinski definition) is 8. The van der Waals surface area contributed by atoms with Gasteiger partial charge in [-0.1, -0.05) is 126 Å². The number of phenolic OH excluding ortho intramolecular Hbond substituents is 1. The number of hydrogen-bond donors (Lipinski definition) is 1. The van der Waals surface area contributed by atoms with Crippen LogP contribution in [0.1, 0.15) is 111 Å². The van der Waals surface area contributed by atoms with Gasteiger partial charge in [0.05, 0.1) is 36.3 Å². The summed E-state index contributed by atoms with van der Waals surface area (Å²) in [6.45, 7) is 7.83. The van der Waals surface area contributed by atoms with E-state index in [9.17, 15) is 23.5 Å². The first-order valence-corrected chi connectivity index (χ1v) is 27.2. The van der Waals surface area contributed by atoms with Crippen LogP contribution in [-0.2, 0) is 19.1 Å². The van der Waals surface area contributed by atoms with Gasteiger partial charge in [0, 0.05) is 31.5 Å². The fraction of sp³-hybridized carbons (Fsp3) is 0.310. The second kappa shape index (κ2) is 27.0. The normalized spacial score (nSPS) is 15.7. The van der Waals surface area contributed by atoms with E-state index in [2.05, 4.69) is 88.9 Å². The SMILES string of the molecule is CCCC(Br)C(=O)OC.CCCC(Oc1ccc(-c2ccc(C3CCC(c4c(C)cc(F)cc4Br)=N3)cc2)cc1Cl)C(=O)OC.Cc1cc(F)cc(Br)c1C1=NC(c2ccc(-c3ccc(O)c(Cl)c3)cc2)CC1. The predicted octanol–water partition coefficient (Wildman–Crippen LogP) is 17.2. The number of phenols is 1. The third-order valence-electron chi connectivity index (χ3n) is 12.4. The summed E-state index contributed by atoms with van der Waals surface area (Å²) in [5.41, 5.74) is 12.0. The summed E-state index contributed by atoms with van der Waals surface area (Å²) in [6.07, 6.45) is 6.04. The molecule has 0 aromatic heterocycles. The van der Waals surface area contributed by atoms with E-state index in [4.69, 9.17) is 42.7 Å². The van der Waals surface area contributed by atoms with Crippen molar-refractivity contribution in [3.05, 3.63) is 173 Å². The van der Waals surface area contributed by atoms with E-state index >= 15 is 0 Å². The second-order valence-electron chi connectivity index (χ2n) is 17.7. The minimum absolute atomic E-state index is 0.0681. The summed E-state index contributed by atoms with van der Waals surface area (Å²) in [7, 11) is 2.75. The average molecular weight is 1230 g/mol. The quantitative estimate of drug-likeness (QED) is 0.0860. The van der Waals surface area contributed by atoms with E-state index in [0.29, 0.717) is 22.2 Å². The fourth-order valence-electron chi connectivity index (χ4n) is 8.71. The van der Waals surface area contributed by atoms with Crippen molar-refractivity contribution in [3.63, 3.8) is 0 Å². The summed E-state index contributed by atoms with van der Waals surface area (Å²) in [6, 6.07) is 33.6. The summed E-state index contributed by atoms with van der Waals surface area (Å²) in [4.78, 5) is 32.4. The zero-order valence-electron chi connectivity index (χ0n) is 41.4. The Balaban J connectivity index is 0.000000208. The van der Waals surface area contributed by atoms with E-state index < -0.39 is 12.1 Å². The Hall–Kier alpha value is -4.92. The molecule has 8 rings (SSSR count). The predicted molar refractivity (Wildman–Crippen MR) is 301 cm³/mol. The molecule has 2 aliphatic rings. The number of aromatic hydroxyl groups is 1. The molecule has 1 N–H and O–H groups in total. The molecule has 0 spiro atoms. The van der Waals surface area contributed by atoms with Gasteiger partial charge >= 0.3 is 11.9 Å². The third kappa shape index (κ3) is 15.1. The van der Waals surface area contributed by atoms with Gasteiger partial charge in [0.1, 0.15) is 28.0 Å². The Labute approximate surface area is 462 Å². The van der Waals surface area contributed by atoms with Crippen LogP contribution in [0.3, 0.4) is 0 Å². The van der Waals surface area contributed by atoms with Crippen molar-refractivity contribution in [2.75, 3.05) is 14.2 Å². The number of aryl methyl sites for hydroxylation is 2. The lowest BCUT2D eigenvalue weighted by Crippen LogP contribution is -2.28. The molecule has 0 saturated carbocycles. The smallest absolute Gasteiger partial charge is 0.347 e. The first-order chi connectivity index (χ1) is 34.9. The molecule has 6 aromatic rings. The maximum absolute atomic E-state index is 13.7. The van der Waals surface area contributed by atoms with Gasteiger partial charge in [0.15, 0.2) is 6.10 Å². The average Bonchev–Trinajstić information content (AvgIpc) is 4.06. The monoisotopic (exact) mass is 1220 g/mol. The standard InChI is InChI=1S/C29H28BrClFNO3.C23H18BrClFNO.C6H11BrO2/c1-4-5-27(29(34)35-3)36-26-13-10-20(15-23(26)31)18-6-8-19(9-7-18)24-11-12-25(33-24)28-17(2)14-21(32)16-22(28)30;1-13-10-17(26)12-18(24)23(13)21-8-7-20(27-21)15-4-2-14(3-5-15)16-6-9-22(28)19(25)11-16;1-3-4-5(7)6(8)9-2/h6-10,13-16,24,27H,4-5,11-12H2,1-3H3;2-6,9-12,20,28H,7-8H2,1H3;5H,3-4H2,1-2H3. The molecular formula is C58H57Br3Cl2F2N2O6. The topological polar surface area (TPSA) is 107 Å². The van der Waals surface area contributed by atoms with Gasteiger partial charge in [-0.2, -0.15) is 0 Å². The summed E-state index contributed by atoms with van der Waals surface area (Å²) in [5, 5.41) is 10.4. The van der Waals surface area contributed by atoms with Crippen molar-refractivity contribution in [1.82, 2.24) is 0 Å². The Bertz CT molecular complexity index is 2930. The first-order valence-electron chi connectivity index (χ1n) is 23.9. The van der Waals surface area contributed by atoms with Crippen LogP contribution in [0, 0.1) is 25.5 Å². The molecular weight excluding hydrogens is 1170 g/mol. The lowest BCUT2D eigenvalue weighted by Gasteiger charge is -2.17. The molecule has 0 saturated heterocycles. The van der Waals surface area contributed by atoms with E-state index in [0.717, 1.165) is 121 Å². The van der Waals surface area contributed by atoms with Crippen LogP contribution < -0.4 is 4.74 Å². The number of ether oxygens (including phenoxy) is 3. The van der Waals surface area contributed by atoms with Gasteiger partial charge in [-0.15, -0.1) is 0 Å². The minimum atomic E-state index is -0.682. The zero-order valence-corrected chi connectivity index (χ0v) is 47.7. The number of esters is 2. The number of carbonyl (C=O) groups is 2. The number of benzene rings is 6. The fourth-order valence-corrected chi connectivity index (χ4v) is 11.3. The molecule has 0 radical (unpaired) electrons. The van der Waals surface area contributed by atoms with Gasteiger partial charge in [-0.3, -0.25) is 14.8 Å². The van der Waals surface area contributed by atoms with Crippen LogP contribution >= 0.6 is 71.0 Å². The number of carbonyl (C=O) groups excluding carboxylic acids is 2. The number of halogens is 7. The van der Waals surface area contributed by atoms with Crippen LogP contribution in [0.2, 0.25) is 10.0 Å². The largest absolute Gasteiger partial charge is 0.506 e. The molecule has 0 amide bonds. The molecule has 73 heavy (non-hydrogen) atoms. The van der Waals surface area contributed by atoms with Crippen molar-refractivity contribution in [1.29, 1.82) is 0 Å². The number of aliphatic imine (C=N–C) groups is 2. The van der Waals surface area contributed by atoms with Crippen LogP contribution in [0.25, 0.3) is 22.3 Å². The molecule has 2 heterocycles. The second-order valence-corrected chi connectivity index (χ2v) is 21.3. The highest BCUT2D eigenvalue weighted by Crippen LogP contribution is 2.39. The third-order valence-corrected chi connectivity index (χ3v) is 15.1. The van der Waals surface area contributed by atoms with Crippen molar-refractivity contribution < 1.29 is 37.7 Å². The molecule has 8 nitrogen and oxygen atoms in total. The zero-order chi connectivity index (χ0) is 52.9. The van der Waals surface area contributed by atoms with Gasteiger partial charge in [-0.25, -0.2) is 13.6 Å². The maximum Gasteiger partial charge on any atom is 0.347 e. The minimum Gasteiger partial charge on any atom is -0.506 e. The van der Waals surface area contributed by atoms with Crippen molar-refractivity contribution >= 4 is 94.4 Å². The first kappa shape index (κ1) is 57.4. The van der Waals surface area contributed by atoms with Crippen molar-refractivity contribution in [2.24, 2.45) is 9.98 Å². The van der Waals surface area contributed by atoms with Crippen molar-refractivity contribution in [2.45, 2.75) is 102 Å². The summed E-state index contributed by atoms with van der Waals surface area (Å²) in [5.74, 6) is -0.553. The van der Waals surface area contributed by atoms with Gasteiger partial charge in [-0.05, 0) is 177 Å². The number of rotatable bonds is 14. The molecule has 4 atom stereocenters. The van der Waals surface area contributed by atoms with E-state index in [1.54, 1.807) is 30.3 Å². The highest BCUT2D eigenvalue weighted by atomic mass is 79.9. The van der Waals surface area contributed by atoms with Crippen molar-refractivity contribution in [3.8, 4) is 33.8 Å². The van der Waals surface area contributed by atoms with Crippen LogP contribution in [0.15, 0.2) is 128 Å². The van der Waals surface area contributed by atoms with Gasteiger partial charge in [0.25, 0.3) is 0 Å². The maximum atomic E-state index is 13.7. The molecule has 0 aliphatic carbocycles. The Kier molecular flexibility index (Phi) is 21.2. The van der Waals surface area contributed by atoms with Crippen LogP contribution in [-0.4, -0.2) is 53.6 Å².